The number of ether oxygens (including phenoxy) is 2. The molecule has 9 nitrogen and oxygen atoms in total. The number of likely N-dealkylation sites (tertiary alicyclic amines) is 1. The lowest BCUT2D eigenvalue weighted by Gasteiger charge is -2.14. The zero-order valence-electron chi connectivity index (χ0n) is 18.3. The second-order valence-electron chi connectivity index (χ2n) is 7.25. The van der Waals surface area contributed by atoms with Crippen LogP contribution in [0, 0.1) is 11.8 Å². The molecular formula is C23H24N6O3. The van der Waals surface area contributed by atoms with Gasteiger partial charge in [-0.2, -0.15) is 5.10 Å². The third-order valence-corrected chi connectivity index (χ3v) is 5.40. The maximum Gasteiger partial charge on any atom is 0.246 e. The molecule has 1 aliphatic heterocycles. The maximum absolute atomic E-state index is 12.0. The molecule has 1 amide bonds. The van der Waals surface area contributed by atoms with Crippen molar-refractivity contribution in [2.75, 3.05) is 39.7 Å². The van der Waals surface area contributed by atoms with Gasteiger partial charge in [0.25, 0.3) is 0 Å². The third kappa shape index (κ3) is 3.95. The highest BCUT2D eigenvalue weighted by Crippen LogP contribution is 2.29. The Morgan fingerprint density at radius 2 is 1.97 bits per heavy atom. The predicted octanol–water partition coefficient (Wildman–Crippen LogP) is 2.24. The number of hydrogen-bond acceptors (Lipinski definition) is 7. The average molecular weight is 432 g/mol. The van der Waals surface area contributed by atoms with Crippen molar-refractivity contribution in [1.29, 1.82) is 0 Å². The van der Waals surface area contributed by atoms with E-state index in [-0.39, 0.29) is 11.9 Å². The van der Waals surface area contributed by atoms with Crippen molar-refractivity contribution in [2.24, 2.45) is 0 Å². The zero-order chi connectivity index (χ0) is 22.7. The maximum atomic E-state index is 12.0. The van der Waals surface area contributed by atoms with Gasteiger partial charge in [-0.15, -0.1) is 0 Å². The molecule has 0 unspecified atom stereocenters. The lowest BCUT2D eigenvalue weighted by molar-refractivity contribution is -0.125. The standard InChI is InChI=1S/C23H24N6O3/c1-5-20(30)28-9-8-16(13-28)29-23-21(22(24-2)25-14-26-23)19(27-29)7-6-15-10-17(31-3)12-18(11-15)32-4/h5,10-12,14,16H,1,8-9,13H2,2-4H3,(H,24,25,26)/t16-/m0/s1. The molecule has 1 aromatic carbocycles. The number of benzene rings is 1. The topological polar surface area (TPSA) is 94.4 Å². The molecule has 1 N–H and O–H groups in total. The summed E-state index contributed by atoms with van der Waals surface area (Å²) in [6, 6.07) is 5.45. The highest BCUT2D eigenvalue weighted by atomic mass is 16.5. The molecule has 1 fully saturated rings. The molecule has 9 heteroatoms. The number of anilines is 1. The van der Waals surface area contributed by atoms with Crippen LogP contribution >= 0.6 is 0 Å². The van der Waals surface area contributed by atoms with E-state index in [1.807, 2.05) is 16.8 Å². The van der Waals surface area contributed by atoms with Crippen LogP contribution in [0.3, 0.4) is 0 Å². The minimum atomic E-state index is -0.0820. The lowest BCUT2D eigenvalue weighted by atomic mass is 10.2. The largest absolute Gasteiger partial charge is 0.497 e. The molecule has 32 heavy (non-hydrogen) atoms. The Kier molecular flexibility index (Phi) is 5.94. The van der Waals surface area contributed by atoms with Crippen molar-refractivity contribution in [3.05, 3.63) is 48.4 Å². The molecule has 1 aliphatic rings. The van der Waals surface area contributed by atoms with Gasteiger partial charge in [0.1, 0.15) is 29.3 Å². The van der Waals surface area contributed by atoms with Gasteiger partial charge < -0.3 is 19.7 Å². The van der Waals surface area contributed by atoms with E-state index in [4.69, 9.17) is 14.6 Å². The first kappa shape index (κ1) is 21.2. The number of methoxy groups -OCH3 is 2. The fourth-order valence-corrected chi connectivity index (χ4v) is 3.79. The predicted molar refractivity (Wildman–Crippen MR) is 121 cm³/mol. The zero-order valence-corrected chi connectivity index (χ0v) is 18.3. The third-order valence-electron chi connectivity index (χ3n) is 5.40. The first-order valence-corrected chi connectivity index (χ1v) is 10.1. The van der Waals surface area contributed by atoms with Gasteiger partial charge >= 0.3 is 0 Å². The number of carbonyl (C=O) groups is 1. The van der Waals surface area contributed by atoms with E-state index >= 15 is 0 Å². The van der Waals surface area contributed by atoms with Crippen molar-refractivity contribution in [2.45, 2.75) is 12.5 Å². The summed E-state index contributed by atoms with van der Waals surface area (Å²) in [7, 11) is 4.99. The summed E-state index contributed by atoms with van der Waals surface area (Å²) in [6.07, 6.45) is 3.61. The summed E-state index contributed by atoms with van der Waals surface area (Å²) >= 11 is 0. The van der Waals surface area contributed by atoms with Gasteiger partial charge in [0.15, 0.2) is 5.65 Å². The summed E-state index contributed by atoms with van der Waals surface area (Å²) < 4.78 is 12.5. The van der Waals surface area contributed by atoms with Crippen LogP contribution in [0.2, 0.25) is 0 Å². The molecule has 0 saturated carbocycles. The quantitative estimate of drug-likeness (QED) is 0.488. The molecule has 0 bridgehead atoms. The van der Waals surface area contributed by atoms with E-state index < -0.39 is 0 Å². The van der Waals surface area contributed by atoms with Crippen LogP contribution in [0.5, 0.6) is 11.5 Å². The van der Waals surface area contributed by atoms with Crippen LogP contribution in [0.25, 0.3) is 11.0 Å². The average Bonchev–Trinajstić information content (AvgIpc) is 3.47. The van der Waals surface area contributed by atoms with Crippen molar-refractivity contribution in [3.63, 3.8) is 0 Å². The van der Waals surface area contributed by atoms with Crippen LogP contribution in [0.15, 0.2) is 37.2 Å². The Balaban J connectivity index is 1.78. The van der Waals surface area contributed by atoms with E-state index in [9.17, 15) is 4.79 Å². The summed E-state index contributed by atoms with van der Waals surface area (Å²) in [6.45, 7) is 4.77. The Bertz CT molecular complexity index is 1220. The van der Waals surface area contributed by atoms with Gasteiger partial charge in [0, 0.05) is 31.8 Å². The lowest BCUT2D eigenvalue weighted by Crippen LogP contribution is -2.27. The van der Waals surface area contributed by atoms with E-state index in [0.29, 0.717) is 41.7 Å². The second kappa shape index (κ2) is 8.98. The molecule has 0 aliphatic carbocycles. The van der Waals surface area contributed by atoms with Gasteiger partial charge in [-0.25, -0.2) is 14.6 Å². The highest BCUT2D eigenvalue weighted by Gasteiger charge is 2.29. The summed E-state index contributed by atoms with van der Waals surface area (Å²) in [5.41, 5.74) is 1.96. The fourth-order valence-electron chi connectivity index (χ4n) is 3.79. The molecule has 3 heterocycles. The van der Waals surface area contributed by atoms with Crippen LogP contribution in [-0.4, -0.2) is 64.9 Å². The monoisotopic (exact) mass is 432 g/mol. The molecule has 1 saturated heterocycles. The second-order valence-corrected chi connectivity index (χ2v) is 7.25. The smallest absolute Gasteiger partial charge is 0.246 e. The van der Waals surface area contributed by atoms with Crippen LogP contribution < -0.4 is 14.8 Å². The van der Waals surface area contributed by atoms with Crippen molar-refractivity contribution in [1.82, 2.24) is 24.6 Å². The van der Waals surface area contributed by atoms with Crippen molar-refractivity contribution in [3.8, 4) is 23.3 Å². The number of nitrogens with one attached hydrogen (secondary N) is 1. The highest BCUT2D eigenvalue weighted by molar-refractivity contribution is 5.92. The van der Waals surface area contributed by atoms with Crippen LogP contribution in [0.1, 0.15) is 23.7 Å². The Hall–Kier alpha value is -4.06. The Labute approximate surface area is 186 Å². The molecule has 0 radical (unpaired) electrons. The van der Waals surface area contributed by atoms with E-state index in [1.54, 1.807) is 32.2 Å². The fraction of sp³-hybridized carbons (Fsp3) is 0.304. The number of rotatable bonds is 5. The molecule has 4 rings (SSSR count). The minimum absolute atomic E-state index is 0.00605. The SMILES string of the molecule is C=CC(=O)N1CC[C@H](n2nc(C#Cc3cc(OC)cc(OC)c3)c3c(NC)ncnc32)C1. The number of aromatic nitrogens is 4. The van der Waals surface area contributed by atoms with Crippen molar-refractivity contribution < 1.29 is 14.3 Å². The van der Waals surface area contributed by atoms with Crippen LogP contribution in [0.4, 0.5) is 5.82 Å². The summed E-state index contributed by atoms with van der Waals surface area (Å²) in [4.78, 5) is 22.6. The number of nitrogens with zero attached hydrogens (tertiary/aromatic N) is 5. The van der Waals surface area contributed by atoms with Crippen LogP contribution in [-0.2, 0) is 4.79 Å². The number of hydrogen-bond donors (Lipinski definition) is 1. The van der Waals surface area contributed by atoms with Gasteiger partial charge in [-0.3, -0.25) is 4.79 Å². The molecular weight excluding hydrogens is 408 g/mol. The molecule has 0 spiro atoms. The Morgan fingerprint density at radius 1 is 1.22 bits per heavy atom. The molecule has 1 atom stereocenters. The molecule has 2 aromatic heterocycles. The van der Waals surface area contributed by atoms with E-state index in [1.165, 1.54) is 12.4 Å². The number of amides is 1. The normalized spacial score (nSPS) is 15.2. The first-order chi connectivity index (χ1) is 15.6. The molecule has 3 aromatic rings. The Morgan fingerprint density at radius 3 is 2.62 bits per heavy atom. The summed E-state index contributed by atoms with van der Waals surface area (Å²) in [5, 5.41) is 8.61. The molecule has 164 valence electrons. The van der Waals surface area contributed by atoms with Gasteiger partial charge in [-0.05, 0) is 30.6 Å². The number of carbonyl (C=O) groups excluding carboxylic acids is 1. The minimum Gasteiger partial charge on any atom is -0.497 e. The summed E-state index contributed by atoms with van der Waals surface area (Å²) in [5.74, 6) is 8.18. The van der Waals surface area contributed by atoms with Gasteiger partial charge in [0.2, 0.25) is 5.91 Å². The van der Waals surface area contributed by atoms with Crippen molar-refractivity contribution >= 4 is 22.8 Å². The first-order valence-electron chi connectivity index (χ1n) is 10.1. The van der Waals surface area contributed by atoms with Gasteiger partial charge in [0.05, 0.1) is 25.6 Å². The van der Waals surface area contributed by atoms with Gasteiger partial charge in [-0.1, -0.05) is 12.5 Å². The number of fused-ring (bicyclic) bond motifs is 1. The van der Waals surface area contributed by atoms with E-state index in [0.717, 1.165) is 17.4 Å². The van der Waals surface area contributed by atoms with E-state index in [2.05, 4.69) is 33.7 Å².